The summed E-state index contributed by atoms with van der Waals surface area (Å²) in [6.45, 7) is 0. The number of benzene rings is 8. The van der Waals surface area contributed by atoms with E-state index in [4.69, 9.17) is 15.4 Å². The van der Waals surface area contributed by atoms with Crippen molar-refractivity contribution >= 4 is 22.1 Å². The van der Waals surface area contributed by atoms with Crippen molar-refractivity contribution in [2.24, 2.45) is 0 Å². The molecule has 3 nitrogen and oxygen atoms in total. The molecule has 264 valence electrons. The minimum Gasteiger partial charge on any atom is -0.300 e. The fraction of sp³-hybridized carbons (Fsp3) is 0. The SMILES string of the molecule is N=C(/C=C(/c1ccccc1)c1cccc2ccc(-c3cc(-c4cc(-c5ccccc5)cc(-c5ccccc5)c4)nc(-c4ccccc4)n3)cc12)c1ccccc1. The highest BCUT2D eigenvalue weighted by molar-refractivity contribution is 6.13. The van der Waals surface area contributed by atoms with Gasteiger partial charge in [-0.2, -0.15) is 0 Å². The Balaban J connectivity index is 1.23. The molecule has 1 aromatic heterocycles. The number of fused-ring (bicyclic) bond motifs is 1. The van der Waals surface area contributed by atoms with E-state index in [0.29, 0.717) is 11.5 Å². The van der Waals surface area contributed by atoms with E-state index in [-0.39, 0.29) is 0 Å². The highest BCUT2D eigenvalue weighted by Gasteiger charge is 2.16. The molecule has 3 heteroatoms. The second-order valence-electron chi connectivity index (χ2n) is 13.8. The minimum absolute atomic E-state index is 0.457. The molecule has 1 N–H and O–H groups in total. The Morgan fingerprint density at radius 3 is 1.46 bits per heavy atom. The molecule has 0 atom stereocenters. The van der Waals surface area contributed by atoms with Crippen molar-refractivity contribution in [1.82, 2.24) is 9.97 Å². The van der Waals surface area contributed by atoms with E-state index in [1.165, 1.54) is 0 Å². The van der Waals surface area contributed by atoms with Crippen LogP contribution in [0.1, 0.15) is 16.7 Å². The normalized spacial score (nSPS) is 11.4. The summed E-state index contributed by atoms with van der Waals surface area (Å²) in [6.07, 6.45) is 1.99. The average molecular weight is 716 g/mol. The van der Waals surface area contributed by atoms with E-state index in [0.717, 1.165) is 83.4 Å². The number of nitrogens with one attached hydrogen (secondary N) is 1. The van der Waals surface area contributed by atoms with Crippen molar-refractivity contribution in [2.75, 3.05) is 0 Å². The Kier molecular flexibility index (Phi) is 9.47. The molecule has 9 rings (SSSR count). The monoisotopic (exact) mass is 715 g/mol. The zero-order chi connectivity index (χ0) is 37.7. The van der Waals surface area contributed by atoms with Gasteiger partial charge in [0, 0.05) is 16.7 Å². The Bertz CT molecular complexity index is 2770. The van der Waals surface area contributed by atoms with Gasteiger partial charge in [0.25, 0.3) is 0 Å². The molecule has 0 unspecified atom stereocenters. The van der Waals surface area contributed by atoms with Crippen LogP contribution in [-0.2, 0) is 0 Å². The third-order valence-corrected chi connectivity index (χ3v) is 10.1. The van der Waals surface area contributed by atoms with Crippen LogP contribution in [0.25, 0.3) is 72.5 Å². The third kappa shape index (κ3) is 7.22. The Morgan fingerprint density at radius 1 is 0.375 bits per heavy atom. The van der Waals surface area contributed by atoms with E-state index in [2.05, 4.69) is 158 Å². The molecule has 0 saturated heterocycles. The van der Waals surface area contributed by atoms with Crippen LogP contribution in [-0.4, -0.2) is 15.7 Å². The fourth-order valence-corrected chi connectivity index (χ4v) is 7.28. The molecule has 8 aromatic carbocycles. The smallest absolute Gasteiger partial charge is 0.160 e. The molecule has 0 spiro atoms. The van der Waals surface area contributed by atoms with Crippen molar-refractivity contribution in [3.05, 3.63) is 235 Å². The van der Waals surface area contributed by atoms with Crippen LogP contribution in [0.2, 0.25) is 0 Å². The maximum absolute atomic E-state index is 9.10. The topological polar surface area (TPSA) is 49.6 Å². The van der Waals surface area contributed by atoms with Crippen molar-refractivity contribution in [3.8, 4) is 56.2 Å². The number of nitrogens with zero attached hydrogens (tertiary/aromatic N) is 2. The van der Waals surface area contributed by atoms with Gasteiger partial charge < -0.3 is 5.41 Å². The third-order valence-electron chi connectivity index (χ3n) is 10.1. The summed E-state index contributed by atoms with van der Waals surface area (Å²) in [4.78, 5) is 10.5. The van der Waals surface area contributed by atoms with Gasteiger partial charge in [-0.3, -0.25) is 0 Å². The fourth-order valence-electron chi connectivity index (χ4n) is 7.28. The summed E-state index contributed by atoms with van der Waals surface area (Å²) in [5.74, 6) is 0.666. The van der Waals surface area contributed by atoms with Crippen LogP contribution in [0, 0.1) is 5.41 Å². The van der Waals surface area contributed by atoms with Gasteiger partial charge in [0.2, 0.25) is 0 Å². The molecule has 1 heterocycles. The van der Waals surface area contributed by atoms with Crippen LogP contribution in [0.5, 0.6) is 0 Å². The van der Waals surface area contributed by atoms with Gasteiger partial charge in [0.05, 0.1) is 17.1 Å². The molecule has 0 aliphatic rings. The summed E-state index contributed by atoms with van der Waals surface area (Å²) in [5.41, 5.74) is 13.6. The van der Waals surface area contributed by atoms with E-state index in [1.807, 2.05) is 60.7 Å². The number of hydrogen-bond donors (Lipinski definition) is 1. The van der Waals surface area contributed by atoms with E-state index >= 15 is 0 Å². The van der Waals surface area contributed by atoms with E-state index in [1.54, 1.807) is 0 Å². The van der Waals surface area contributed by atoms with Gasteiger partial charge in [-0.1, -0.05) is 182 Å². The molecule has 0 radical (unpaired) electrons. The lowest BCUT2D eigenvalue weighted by molar-refractivity contribution is 1.18. The highest BCUT2D eigenvalue weighted by atomic mass is 14.9. The molecule has 0 saturated carbocycles. The summed E-state index contributed by atoms with van der Waals surface area (Å²) in [5, 5.41) is 11.3. The number of aromatic nitrogens is 2. The first-order valence-electron chi connectivity index (χ1n) is 18.8. The minimum atomic E-state index is 0.457. The van der Waals surface area contributed by atoms with Gasteiger partial charge in [0.15, 0.2) is 5.82 Å². The Morgan fingerprint density at radius 2 is 0.875 bits per heavy atom. The first kappa shape index (κ1) is 34.3. The number of allylic oxidation sites excluding steroid dienone is 1. The quantitative estimate of drug-likeness (QED) is 0.151. The van der Waals surface area contributed by atoms with Gasteiger partial charge >= 0.3 is 0 Å². The summed E-state index contributed by atoms with van der Waals surface area (Å²) >= 11 is 0. The molecular weight excluding hydrogens is 679 g/mol. The second kappa shape index (κ2) is 15.5. The zero-order valence-corrected chi connectivity index (χ0v) is 30.7. The molecule has 9 aromatic rings. The molecule has 0 fully saturated rings. The molecular formula is C53H37N3. The van der Waals surface area contributed by atoms with Crippen LogP contribution >= 0.6 is 0 Å². The van der Waals surface area contributed by atoms with Gasteiger partial charge in [-0.05, 0) is 91.7 Å². The zero-order valence-electron chi connectivity index (χ0n) is 30.7. The van der Waals surface area contributed by atoms with Gasteiger partial charge in [-0.15, -0.1) is 0 Å². The standard InChI is InChI=1S/C53H37N3/c54-50(41-23-12-4-13-24-41)35-49(39-21-10-3-11-22-39)47-28-16-27-40-29-30-43(34-48(40)47)51-36-52(56-53(55-51)42-25-14-5-15-26-42)46-32-44(37-17-6-1-7-18-37)31-45(33-46)38-19-8-2-9-20-38/h1-36,54H/b49-35-,54-50?. The van der Waals surface area contributed by atoms with Crippen LogP contribution in [0.3, 0.4) is 0 Å². The van der Waals surface area contributed by atoms with Crippen molar-refractivity contribution < 1.29 is 0 Å². The maximum Gasteiger partial charge on any atom is 0.160 e. The van der Waals surface area contributed by atoms with Gasteiger partial charge in [-0.25, -0.2) is 9.97 Å². The maximum atomic E-state index is 9.10. The summed E-state index contributed by atoms with van der Waals surface area (Å²) < 4.78 is 0. The van der Waals surface area contributed by atoms with Gasteiger partial charge in [0.1, 0.15) is 0 Å². The Labute approximate surface area is 327 Å². The number of rotatable bonds is 9. The predicted molar refractivity (Wildman–Crippen MR) is 234 cm³/mol. The largest absolute Gasteiger partial charge is 0.300 e. The molecule has 56 heavy (non-hydrogen) atoms. The first-order chi connectivity index (χ1) is 27.7. The molecule has 0 amide bonds. The van der Waals surface area contributed by atoms with Crippen molar-refractivity contribution in [2.45, 2.75) is 0 Å². The molecule has 0 aliphatic heterocycles. The second-order valence-corrected chi connectivity index (χ2v) is 13.8. The van der Waals surface area contributed by atoms with Crippen LogP contribution in [0.15, 0.2) is 218 Å². The lowest BCUT2D eigenvalue weighted by Gasteiger charge is -2.15. The average Bonchev–Trinajstić information content (AvgIpc) is 3.29. The predicted octanol–water partition coefficient (Wildman–Crippen LogP) is 13.5. The van der Waals surface area contributed by atoms with Crippen molar-refractivity contribution in [3.63, 3.8) is 0 Å². The number of hydrogen-bond acceptors (Lipinski definition) is 3. The lowest BCUT2D eigenvalue weighted by atomic mass is 9.90. The Hall–Kier alpha value is -7.49. The summed E-state index contributed by atoms with van der Waals surface area (Å²) in [6, 6.07) is 73.3. The lowest BCUT2D eigenvalue weighted by Crippen LogP contribution is -1.99. The first-order valence-corrected chi connectivity index (χ1v) is 18.8. The van der Waals surface area contributed by atoms with Crippen molar-refractivity contribution in [1.29, 1.82) is 5.41 Å². The molecule has 0 bridgehead atoms. The van der Waals surface area contributed by atoms with Crippen LogP contribution < -0.4 is 0 Å². The highest BCUT2D eigenvalue weighted by Crippen LogP contribution is 2.37. The molecule has 0 aliphatic carbocycles. The van der Waals surface area contributed by atoms with E-state index < -0.39 is 0 Å². The summed E-state index contributed by atoms with van der Waals surface area (Å²) in [7, 11) is 0. The van der Waals surface area contributed by atoms with E-state index in [9.17, 15) is 0 Å². The van der Waals surface area contributed by atoms with Crippen LogP contribution in [0.4, 0.5) is 0 Å².